The highest BCUT2D eigenvalue weighted by atomic mass is 31.0. The third-order valence-electron chi connectivity index (χ3n) is 2.39. The molecule has 0 heterocycles. The van der Waals surface area contributed by atoms with Crippen LogP contribution >= 0.6 is 9.39 Å². The Kier molecular flexibility index (Phi) is 2.85. The molecule has 0 aromatic heterocycles. The van der Waals surface area contributed by atoms with Gasteiger partial charge in [-0.15, -0.1) is 0 Å². The fourth-order valence-corrected chi connectivity index (χ4v) is 1.99. The molecular formula is C7H14NO2P. The Hall–Kier alpha value is -0.140. The lowest BCUT2D eigenvalue weighted by Crippen LogP contribution is -2.48. The van der Waals surface area contributed by atoms with E-state index in [2.05, 4.69) is 14.5 Å². The topological polar surface area (TPSA) is 49.3 Å². The van der Waals surface area contributed by atoms with Crippen LogP contribution in [0, 0.1) is 0 Å². The SMILES string of the molecule is O=C(O)C1(NP)CCCCC1. The molecule has 0 spiro atoms. The molecule has 0 saturated heterocycles. The molecule has 1 atom stereocenters. The molecule has 64 valence electrons. The van der Waals surface area contributed by atoms with Crippen LogP contribution in [0.25, 0.3) is 0 Å². The molecule has 0 aliphatic heterocycles. The molecular weight excluding hydrogens is 161 g/mol. The van der Waals surface area contributed by atoms with Gasteiger partial charge in [-0.1, -0.05) is 28.7 Å². The van der Waals surface area contributed by atoms with Gasteiger partial charge in [0, 0.05) is 0 Å². The van der Waals surface area contributed by atoms with Gasteiger partial charge in [-0.3, -0.25) is 9.88 Å². The molecule has 11 heavy (non-hydrogen) atoms. The van der Waals surface area contributed by atoms with Gasteiger partial charge in [-0.2, -0.15) is 0 Å². The number of nitrogens with one attached hydrogen (secondary N) is 1. The van der Waals surface area contributed by atoms with Gasteiger partial charge < -0.3 is 5.11 Å². The zero-order chi connectivity index (χ0) is 8.32. The summed E-state index contributed by atoms with van der Waals surface area (Å²) in [4.78, 5) is 10.8. The van der Waals surface area contributed by atoms with Crippen molar-refractivity contribution in [1.29, 1.82) is 0 Å². The fraction of sp³-hybridized carbons (Fsp3) is 0.857. The van der Waals surface area contributed by atoms with E-state index in [1.807, 2.05) is 0 Å². The fourth-order valence-electron chi connectivity index (χ4n) is 1.58. The molecule has 0 bridgehead atoms. The standard InChI is InChI=1S/C7H14NO2P/c9-6(10)7(8-11)4-2-1-3-5-7/h8H,1-5,11H2,(H,9,10). The van der Waals surface area contributed by atoms with Gasteiger partial charge in [0.15, 0.2) is 0 Å². The van der Waals surface area contributed by atoms with Crippen molar-refractivity contribution in [3.05, 3.63) is 0 Å². The summed E-state index contributed by atoms with van der Waals surface area (Å²) in [6.45, 7) is 0. The molecule has 0 amide bonds. The summed E-state index contributed by atoms with van der Waals surface area (Å²) in [7, 11) is 2.31. The van der Waals surface area contributed by atoms with Crippen molar-refractivity contribution < 1.29 is 9.90 Å². The number of carboxylic acids is 1. The Balaban J connectivity index is 2.64. The second-order valence-corrected chi connectivity index (χ2v) is 3.38. The highest BCUT2D eigenvalue weighted by molar-refractivity contribution is 7.13. The Morgan fingerprint density at radius 1 is 1.36 bits per heavy atom. The smallest absolute Gasteiger partial charge is 0.324 e. The second-order valence-electron chi connectivity index (χ2n) is 3.09. The number of carbonyl (C=O) groups is 1. The van der Waals surface area contributed by atoms with Crippen LogP contribution in [0.3, 0.4) is 0 Å². The molecule has 1 aliphatic carbocycles. The van der Waals surface area contributed by atoms with Crippen molar-refractivity contribution in [3.63, 3.8) is 0 Å². The zero-order valence-corrected chi connectivity index (χ0v) is 7.62. The average molecular weight is 175 g/mol. The largest absolute Gasteiger partial charge is 0.480 e. The van der Waals surface area contributed by atoms with Crippen molar-refractivity contribution in [2.75, 3.05) is 0 Å². The Morgan fingerprint density at radius 2 is 1.91 bits per heavy atom. The van der Waals surface area contributed by atoms with Crippen LogP contribution in [0.2, 0.25) is 0 Å². The first-order chi connectivity index (χ1) is 5.21. The molecule has 4 heteroatoms. The van der Waals surface area contributed by atoms with Crippen LogP contribution in [0.5, 0.6) is 0 Å². The van der Waals surface area contributed by atoms with E-state index in [0.717, 1.165) is 25.7 Å². The maximum absolute atomic E-state index is 10.8. The maximum atomic E-state index is 10.8. The molecule has 2 N–H and O–H groups in total. The number of rotatable bonds is 2. The third kappa shape index (κ3) is 1.71. The minimum Gasteiger partial charge on any atom is -0.480 e. The van der Waals surface area contributed by atoms with E-state index in [4.69, 9.17) is 5.11 Å². The summed E-state index contributed by atoms with van der Waals surface area (Å²) >= 11 is 0. The van der Waals surface area contributed by atoms with Gasteiger partial charge in [-0.05, 0) is 12.8 Å². The van der Waals surface area contributed by atoms with Gasteiger partial charge in [0.1, 0.15) is 5.54 Å². The second kappa shape index (κ2) is 3.51. The van der Waals surface area contributed by atoms with Crippen LogP contribution < -0.4 is 5.09 Å². The number of hydrogen-bond donors (Lipinski definition) is 2. The van der Waals surface area contributed by atoms with Crippen molar-refractivity contribution >= 4 is 15.4 Å². The minimum atomic E-state index is -0.716. The van der Waals surface area contributed by atoms with E-state index in [1.54, 1.807) is 0 Å². The molecule has 1 fully saturated rings. The summed E-state index contributed by atoms with van der Waals surface area (Å²) in [6, 6.07) is 0. The van der Waals surface area contributed by atoms with E-state index in [9.17, 15) is 4.79 Å². The molecule has 1 rings (SSSR count). The molecule has 0 radical (unpaired) electrons. The first kappa shape index (κ1) is 8.95. The first-order valence-corrected chi connectivity index (χ1v) is 4.50. The van der Waals surface area contributed by atoms with Crippen LogP contribution in [0.15, 0.2) is 0 Å². The summed E-state index contributed by atoms with van der Waals surface area (Å²) in [5, 5.41) is 11.7. The summed E-state index contributed by atoms with van der Waals surface area (Å²) < 4.78 is 0. The van der Waals surface area contributed by atoms with Crippen LogP contribution in [-0.2, 0) is 4.79 Å². The van der Waals surface area contributed by atoms with E-state index >= 15 is 0 Å². The van der Waals surface area contributed by atoms with E-state index in [1.165, 1.54) is 6.42 Å². The third-order valence-corrected chi connectivity index (χ3v) is 2.95. The predicted molar refractivity (Wildman–Crippen MR) is 46.3 cm³/mol. The van der Waals surface area contributed by atoms with Gasteiger partial charge in [0.05, 0.1) is 0 Å². The van der Waals surface area contributed by atoms with Gasteiger partial charge in [0.25, 0.3) is 0 Å². The molecule has 0 aromatic rings. The van der Waals surface area contributed by atoms with Gasteiger partial charge >= 0.3 is 5.97 Å². The van der Waals surface area contributed by atoms with Crippen molar-refractivity contribution in [2.45, 2.75) is 37.6 Å². The van der Waals surface area contributed by atoms with E-state index in [-0.39, 0.29) is 0 Å². The maximum Gasteiger partial charge on any atom is 0.324 e. The average Bonchev–Trinajstić information content (AvgIpc) is 2.05. The van der Waals surface area contributed by atoms with Gasteiger partial charge in [0.2, 0.25) is 0 Å². The normalized spacial score (nSPS) is 23.0. The summed E-state index contributed by atoms with van der Waals surface area (Å²) in [5.41, 5.74) is -0.650. The molecule has 1 unspecified atom stereocenters. The van der Waals surface area contributed by atoms with Crippen molar-refractivity contribution in [1.82, 2.24) is 5.09 Å². The molecule has 0 aromatic carbocycles. The Bertz CT molecular complexity index is 155. The highest BCUT2D eigenvalue weighted by Crippen LogP contribution is 2.29. The zero-order valence-electron chi connectivity index (χ0n) is 6.47. The van der Waals surface area contributed by atoms with Gasteiger partial charge in [-0.25, -0.2) is 0 Å². The predicted octanol–water partition coefficient (Wildman–Crippen LogP) is 1.15. The van der Waals surface area contributed by atoms with Crippen LogP contribution in [0.4, 0.5) is 0 Å². The Morgan fingerprint density at radius 3 is 2.18 bits per heavy atom. The lowest BCUT2D eigenvalue weighted by atomic mass is 9.83. The molecule has 3 nitrogen and oxygen atoms in total. The number of carboxylic acid groups (broad SMARTS) is 1. The van der Waals surface area contributed by atoms with Crippen LogP contribution in [0.1, 0.15) is 32.1 Å². The molecule has 1 aliphatic rings. The van der Waals surface area contributed by atoms with Crippen LogP contribution in [-0.4, -0.2) is 16.6 Å². The minimum absolute atomic E-state index is 0.650. The van der Waals surface area contributed by atoms with Crippen molar-refractivity contribution in [3.8, 4) is 0 Å². The van der Waals surface area contributed by atoms with Crippen molar-refractivity contribution in [2.24, 2.45) is 0 Å². The monoisotopic (exact) mass is 175 g/mol. The summed E-state index contributed by atoms with van der Waals surface area (Å²) in [5.74, 6) is -0.716. The first-order valence-electron chi connectivity index (χ1n) is 3.92. The quantitative estimate of drug-likeness (QED) is 0.619. The Labute approximate surface area is 68.8 Å². The summed E-state index contributed by atoms with van der Waals surface area (Å²) in [6.07, 6.45) is 4.72. The number of hydrogen-bond acceptors (Lipinski definition) is 2. The lowest BCUT2D eigenvalue weighted by molar-refractivity contribution is -0.145. The number of aliphatic carboxylic acids is 1. The molecule has 1 saturated carbocycles. The van der Waals surface area contributed by atoms with E-state index < -0.39 is 11.5 Å². The van der Waals surface area contributed by atoms with E-state index in [0.29, 0.717) is 0 Å². The highest BCUT2D eigenvalue weighted by Gasteiger charge is 2.37. The lowest BCUT2D eigenvalue weighted by Gasteiger charge is -2.32.